The van der Waals surface area contributed by atoms with Gasteiger partial charge in [-0.05, 0) is 6.92 Å². The second-order valence-electron chi connectivity index (χ2n) is 3.14. The van der Waals surface area contributed by atoms with Crippen LogP contribution in [0.2, 0.25) is 0 Å². The summed E-state index contributed by atoms with van der Waals surface area (Å²) in [6.45, 7) is 1.38. The van der Waals surface area contributed by atoms with E-state index in [1.807, 2.05) is 0 Å². The fourth-order valence-corrected chi connectivity index (χ4v) is 1.84. The number of carbonyl (C=O) groups is 2. The Labute approximate surface area is 95.9 Å². The molecular formula is C9H12N2O4S. The molecule has 7 heteroatoms. The van der Waals surface area contributed by atoms with Gasteiger partial charge in [0.1, 0.15) is 10.9 Å². The van der Waals surface area contributed by atoms with Gasteiger partial charge in [-0.25, -0.2) is 9.78 Å². The minimum Gasteiger partial charge on any atom is -0.480 e. The molecule has 0 saturated carbocycles. The van der Waals surface area contributed by atoms with Crippen molar-refractivity contribution in [3.8, 4) is 0 Å². The maximum absolute atomic E-state index is 11.6. The van der Waals surface area contributed by atoms with Gasteiger partial charge < -0.3 is 15.5 Å². The third kappa shape index (κ3) is 3.01. The zero-order valence-corrected chi connectivity index (χ0v) is 9.45. The zero-order chi connectivity index (χ0) is 12.1. The number of carbonyl (C=O) groups excluding carboxylic acids is 1. The number of hydrogen-bond acceptors (Lipinski definition) is 5. The van der Waals surface area contributed by atoms with E-state index in [1.54, 1.807) is 6.92 Å². The summed E-state index contributed by atoms with van der Waals surface area (Å²) in [6.07, 6.45) is -0.0150. The van der Waals surface area contributed by atoms with Crippen LogP contribution in [0.3, 0.4) is 0 Å². The van der Waals surface area contributed by atoms with Crippen LogP contribution in [0.4, 0.5) is 0 Å². The first-order valence-electron chi connectivity index (χ1n) is 4.61. The largest absolute Gasteiger partial charge is 0.480 e. The molecule has 0 unspecified atom stereocenters. The molecule has 16 heavy (non-hydrogen) atoms. The van der Waals surface area contributed by atoms with Gasteiger partial charge in [-0.2, -0.15) is 0 Å². The van der Waals surface area contributed by atoms with E-state index in [0.717, 1.165) is 11.3 Å². The van der Waals surface area contributed by atoms with E-state index < -0.39 is 17.9 Å². The standard InChI is InChI=1S/C9H12N2O4S/c1-5-7(16-4-10-5)8(13)11-6(2-3-12)9(14)15/h4,6,12H,2-3H2,1H3,(H,11,13)(H,14,15)/t6-/m0/s1. The average Bonchev–Trinajstić information content (AvgIpc) is 2.63. The molecule has 0 aromatic carbocycles. The molecule has 0 radical (unpaired) electrons. The first kappa shape index (κ1) is 12.6. The van der Waals surface area contributed by atoms with Crippen molar-refractivity contribution in [2.45, 2.75) is 19.4 Å². The topological polar surface area (TPSA) is 99.5 Å². The Morgan fingerprint density at radius 1 is 1.62 bits per heavy atom. The van der Waals surface area contributed by atoms with Crippen LogP contribution in [0, 0.1) is 6.92 Å². The molecule has 0 saturated heterocycles. The van der Waals surface area contributed by atoms with Crippen LogP contribution in [0.25, 0.3) is 0 Å². The molecule has 0 aliphatic rings. The Balaban J connectivity index is 2.69. The monoisotopic (exact) mass is 244 g/mol. The summed E-state index contributed by atoms with van der Waals surface area (Å²) in [6, 6.07) is -1.07. The second-order valence-corrected chi connectivity index (χ2v) is 4.00. The predicted octanol–water partition coefficient (Wildman–Crippen LogP) is 0.0169. The van der Waals surface area contributed by atoms with Crippen LogP contribution in [-0.2, 0) is 4.79 Å². The van der Waals surface area contributed by atoms with E-state index in [0.29, 0.717) is 10.6 Å². The second kappa shape index (κ2) is 5.57. The van der Waals surface area contributed by atoms with Crippen molar-refractivity contribution in [3.63, 3.8) is 0 Å². The third-order valence-electron chi connectivity index (χ3n) is 1.97. The summed E-state index contributed by atoms with van der Waals surface area (Å²) in [5, 5.41) is 19.8. The molecule has 1 aromatic heterocycles. The molecule has 1 aromatic rings. The molecule has 1 rings (SSSR count). The lowest BCUT2D eigenvalue weighted by molar-refractivity contribution is -0.139. The average molecular weight is 244 g/mol. The van der Waals surface area contributed by atoms with E-state index in [1.165, 1.54) is 5.51 Å². The Kier molecular flexibility index (Phi) is 4.39. The number of hydrogen-bond donors (Lipinski definition) is 3. The van der Waals surface area contributed by atoms with Crippen LogP contribution in [0.15, 0.2) is 5.51 Å². The van der Waals surface area contributed by atoms with Gasteiger partial charge in [0.15, 0.2) is 0 Å². The van der Waals surface area contributed by atoms with E-state index in [4.69, 9.17) is 10.2 Å². The number of carboxylic acid groups (broad SMARTS) is 1. The Morgan fingerprint density at radius 2 is 2.31 bits per heavy atom. The van der Waals surface area contributed by atoms with Crippen molar-refractivity contribution in [1.29, 1.82) is 0 Å². The van der Waals surface area contributed by atoms with Crippen molar-refractivity contribution in [1.82, 2.24) is 10.3 Å². The predicted molar refractivity (Wildman–Crippen MR) is 57.4 cm³/mol. The molecule has 6 nitrogen and oxygen atoms in total. The number of aryl methyl sites for hydroxylation is 1. The highest BCUT2D eigenvalue weighted by atomic mass is 32.1. The first-order chi connectivity index (χ1) is 7.56. The highest BCUT2D eigenvalue weighted by Gasteiger charge is 2.21. The molecule has 0 bridgehead atoms. The minimum absolute atomic E-state index is 0.0150. The maximum atomic E-state index is 11.6. The lowest BCUT2D eigenvalue weighted by atomic mass is 10.2. The summed E-state index contributed by atoms with van der Waals surface area (Å²) < 4.78 is 0. The quantitative estimate of drug-likeness (QED) is 0.678. The summed E-state index contributed by atoms with van der Waals surface area (Å²) in [5.41, 5.74) is 2.09. The van der Waals surface area contributed by atoms with Crippen molar-refractivity contribution in [3.05, 3.63) is 16.1 Å². The lowest BCUT2D eigenvalue weighted by Gasteiger charge is -2.12. The summed E-state index contributed by atoms with van der Waals surface area (Å²) in [7, 11) is 0. The van der Waals surface area contributed by atoms with Gasteiger partial charge in [-0.1, -0.05) is 0 Å². The number of carboxylic acids is 1. The number of aliphatic carboxylic acids is 1. The summed E-state index contributed by atoms with van der Waals surface area (Å²) in [4.78, 5) is 26.7. The molecule has 3 N–H and O–H groups in total. The number of nitrogens with zero attached hydrogens (tertiary/aromatic N) is 1. The molecule has 88 valence electrons. The highest BCUT2D eigenvalue weighted by molar-refractivity contribution is 7.11. The van der Waals surface area contributed by atoms with Crippen molar-refractivity contribution < 1.29 is 19.8 Å². The van der Waals surface area contributed by atoms with Crippen LogP contribution in [0.1, 0.15) is 21.8 Å². The highest BCUT2D eigenvalue weighted by Crippen LogP contribution is 2.12. The van der Waals surface area contributed by atoms with Gasteiger partial charge in [0.05, 0.1) is 11.2 Å². The van der Waals surface area contributed by atoms with Crippen LogP contribution in [-0.4, -0.2) is 39.7 Å². The number of thiazole rings is 1. The van der Waals surface area contributed by atoms with Gasteiger partial charge in [-0.15, -0.1) is 11.3 Å². The lowest BCUT2D eigenvalue weighted by Crippen LogP contribution is -2.41. The summed E-state index contributed by atoms with van der Waals surface area (Å²) >= 11 is 1.15. The Hall–Kier alpha value is -1.47. The van der Waals surface area contributed by atoms with Gasteiger partial charge in [0.2, 0.25) is 0 Å². The van der Waals surface area contributed by atoms with Gasteiger partial charge in [-0.3, -0.25) is 4.79 Å². The number of amides is 1. The normalized spacial score (nSPS) is 12.1. The number of aromatic nitrogens is 1. The molecule has 0 fully saturated rings. The SMILES string of the molecule is Cc1ncsc1C(=O)N[C@@H](CCO)C(=O)O. The molecular weight excluding hydrogens is 232 g/mol. The zero-order valence-electron chi connectivity index (χ0n) is 8.64. The molecule has 1 heterocycles. The smallest absolute Gasteiger partial charge is 0.326 e. The molecule has 1 amide bonds. The van der Waals surface area contributed by atoms with E-state index in [9.17, 15) is 9.59 Å². The number of aliphatic hydroxyl groups excluding tert-OH is 1. The van der Waals surface area contributed by atoms with Crippen LogP contribution >= 0.6 is 11.3 Å². The van der Waals surface area contributed by atoms with E-state index in [2.05, 4.69) is 10.3 Å². The fraction of sp³-hybridized carbons (Fsp3) is 0.444. The Bertz CT molecular complexity index is 391. The maximum Gasteiger partial charge on any atom is 0.326 e. The van der Waals surface area contributed by atoms with Crippen molar-refractivity contribution >= 4 is 23.2 Å². The summed E-state index contributed by atoms with van der Waals surface area (Å²) in [5.74, 6) is -1.63. The minimum atomic E-state index is -1.16. The van der Waals surface area contributed by atoms with Crippen molar-refractivity contribution in [2.24, 2.45) is 0 Å². The molecule has 0 aliphatic carbocycles. The van der Waals surface area contributed by atoms with E-state index in [-0.39, 0.29) is 13.0 Å². The van der Waals surface area contributed by atoms with Gasteiger partial charge in [0, 0.05) is 13.0 Å². The number of nitrogens with one attached hydrogen (secondary N) is 1. The van der Waals surface area contributed by atoms with Crippen LogP contribution in [0.5, 0.6) is 0 Å². The fourth-order valence-electron chi connectivity index (χ4n) is 1.13. The number of aliphatic hydroxyl groups is 1. The van der Waals surface area contributed by atoms with Crippen molar-refractivity contribution in [2.75, 3.05) is 6.61 Å². The Morgan fingerprint density at radius 3 is 2.75 bits per heavy atom. The molecule has 1 atom stereocenters. The number of rotatable bonds is 5. The van der Waals surface area contributed by atoms with Gasteiger partial charge in [0.25, 0.3) is 5.91 Å². The molecule has 0 spiro atoms. The molecule has 0 aliphatic heterocycles. The van der Waals surface area contributed by atoms with E-state index >= 15 is 0 Å². The van der Waals surface area contributed by atoms with Crippen LogP contribution < -0.4 is 5.32 Å². The van der Waals surface area contributed by atoms with Gasteiger partial charge >= 0.3 is 5.97 Å². The third-order valence-corrected chi connectivity index (χ3v) is 2.90. The first-order valence-corrected chi connectivity index (χ1v) is 5.48.